The fourth-order valence-electron chi connectivity index (χ4n) is 3.13. The van der Waals surface area contributed by atoms with Crippen molar-refractivity contribution < 1.29 is 36.1 Å². The summed E-state index contributed by atoms with van der Waals surface area (Å²) >= 11 is 0. The Morgan fingerprint density at radius 1 is 0.667 bits per heavy atom. The largest absolute Gasteiger partial charge is 0.427 e. The molecule has 0 spiro atoms. The lowest BCUT2D eigenvalue weighted by atomic mass is 9.82. The van der Waals surface area contributed by atoms with Gasteiger partial charge < -0.3 is 9.76 Å². The van der Waals surface area contributed by atoms with Crippen LogP contribution in [0.15, 0.2) is 54.6 Å². The second-order valence-electron chi connectivity index (χ2n) is 9.05. The molecule has 176 valence electrons. The van der Waals surface area contributed by atoms with Crippen LogP contribution in [0.5, 0.6) is 0 Å². The molecular formula is C24H23BF6O2. The summed E-state index contributed by atoms with van der Waals surface area (Å²) in [7, 11) is 0.219. The molecule has 3 rings (SSSR count). The molecule has 33 heavy (non-hydrogen) atoms. The number of fused-ring (bicyclic) bond motifs is 1. The molecule has 0 aliphatic carbocycles. The minimum Gasteiger partial charge on any atom is -0.427 e. The van der Waals surface area contributed by atoms with E-state index < -0.39 is 34.7 Å². The minimum absolute atomic E-state index is 0.117. The minimum atomic E-state index is -4.90. The molecular weight excluding hydrogens is 445 g/mol. The normalized spacial score (nSPS) is 13.4. The molecule has 3 aromatic rings. The first-order valence-electron chi connectivity index (χ1n) is 10.2. The number of rotatable bonds is 5. The Balaban J connectivity index is 1.96. The van der Waals surface area contributed by atoms with Gasteiger partial charge in [-0.25, -0.2) is 0 Å². The van der Waals surface area contributed by atoms with Crippen LogP contribution >= 0.6 is 0 Å². The molecule has 0 aliphatic heterocycles. The van der Waals surface area contributed by atoms with Crippen LogP contribution < -0.4 is 5.46 Å². The average Bonchev–Trinajstić information content (AvgIpc) is 2.69. The van der Waals surface area contributed by atoms with Crippen LogP contribution in [0.4, 0.5) is 26.3 Å². The topological polar surface area (TPSA) is 29.5 Å². The van der Waals surface area contributed by atoms with Gasteiger partial charge in [-0.1, -0.05) is 35.8 Å². The van der Waals surface area contributed by atoms with Gasteiger partial charge >= 0.3 is 19.8 Å². The Morgan fingerprint density at radius 3 is 1.70 bits per heavy atom. The predicted molar refractivity (Wildman–Crippen MR) is 118 cm³/mol. The van der Waals surface area contributed by atoms with Gasteiger partial charge in [0, 0.05) is 0 Å². The Hall–Kier alpha value is -2.52. The van der Waals surface area contributed by atoms with Crippen LogP contribution in [0.2, 0.25) is 0 Å². The van der Waals surface area contributed by atoms with Crippen molar-refractivity contribution in [3.63, 3.8) is 0 Å². The van der Waals surface area contributed by atoms with Crippen molar-refractivity contribution in [1.29, 1.82) is 0 Å². The van der Waals surface area contributed by atoms with Crippen molar-refractivity contribution >= 4 is 23.7 Å². The molecule has 0 aliphatic rings. The van der Waals surface area contributed by atoms with Gasteiger partial charge in [0.25, 0.3) is 0 Å². The summed E-state index contributed by atoms with van der Waals surface area (Å²) in [4.78, 5) is 0. The zero-order chi connectivity index (χ0) is 24.8. The van der Waals surface area contributed by atoms with E-state index in [1.54, 1.807) is 52.0 Å². The Bertz CT molecular complexity index is 1130. The quantitative estimate of drug-likeness (QED) is 0.363. The lowest BCUT2D eigenvalue weighted by Crippen LogP contribution is -2.49. The van der Waals surface area contributed by atoms with E-state index in [1.807, 2.05) is 6.07 Å². The number of benzene rings is 3. The molecule has 0 saturated carbocycles. The van der Waals surface area contributed by atoms with Crippen LogP contribution in [0.3, 0.4) is 0 Å². The lowest BCUT2D eigenvalue weighted by Gasteiger charge is -2.37. The summed E-state index contributed by atoms with van der Waals surface area (Å²) < 4.78 is 85.0. The van der Waals surface area contributed by atoms with E-state index in [2.05, 4.69) is 0 Å². The first-order chi connectivity index (χ1) is 15.0. The Kier molecular flexibility index (Phi) is 6.36. The van der Waals surface area contributed by atoms with E-state index >= 15 is 0 Å². The predicted octanol–water partition coefficient (Wildman–Crippen LogP) is 6.09. The zero-order valence-corrected chi connectivity index (χ0v) is 18.5. The molecule has 1 N–H and O–H groups in total. The third-order valence-electron chi connectivity index (χ3n) is 5.90. The third kappa shape index (κ3) is 5.70. The SMILES string of the molecule is CC(C)(O)C(C)(C)OBc1ccc2cc(-c3cc(C(F)(F)F)cc(C(F)(F)F)c3)ccc2c1. The van der Waals surface area contributed by atoms with Crippen molar-refractivity contribution in [2.24, 2.45) is 0 Å². The maximum absolute atomic E-state index is 13.2. The zero-order valence-electron chi connectivity index (χ0n) is 18.5. The number of halogens is 6. The molecule has 0 atom stereocenters. The van der Waals surface area contributed by atoms with Gasteiger partial charge in [0.15, 0.2) is 0 Å². The maximum atomic E-state index is 13.2. The van der Waals surface area contributed by atoms with E-state index in [1.165, 1.54) is 6.07 Å². The summed E-state index contributed by atoms with van der Waals surface area (Å²) in [5, 5.41) is 11.6. The average molecular weight is 468 g/mol. The van der Waals surface area contributed by atoms with Crippen LogP contribution in [0.25, 0.3) is 21.9 Å². The third-order valence-corrected chi connectivity index (χ3v) is 5.90. The van der Waals surface area contributed by atoms with Gasteiger partial charge in [-0.3, -0.25) is 0 Å². The molecule has 0 unspecified atom stereocenters. The number of aliphatic hydroxyl groups is 1. The van der Waals surface area contributed by atoms with E-state index in [0.717, 1.165) is 23.0 Å². The number of hydrogen-bond acceptors (Lipinski definition) is 2. The first-order valence-corrected chi connectivity index (χ1v) is 10.2. The summed E-state index contributed by atoms with van der Waals surface area (Å²) in [5.41, 5.74) is -3.70. The smallest absolute Gasteiger partial charge is 0.416 e. The van der Waals surface area contributed by atoms with Crippen molar-refractivity contribution in [1.82, 2.24) is 0 Å². The second kappa shape index (κ2) is 8.36. The Labute approximate surface area is 188 Å². The monoisotopic (exact) mass is 468 g/mol. The van der Waals surface area contributed by atoms with Gasteiger partial charge in [-0.15, -0.1) is 0 Å². The molecule has 9 heteroatoms. The van der Waals surface area contributed by atoms with Crippen LogP contribution in [0.1, 0.15) is 38.8 Å². The summed E-state index contributed by atoms with van der Waals surface area (Å²) in [6, 6.07) is 11.6. The Morgan fingerprint density at radius 2 is 1.18 bits per heavy atom. The van der Waals surface area contributed by atoms with Crippen molar-refractivity contribution in [2.45, 2.75) is 51.2 Å². The molecule has 0 fully saturated rings. The first kappa shape index (κ1) is 25.1. The molecule has 0 aromatic heterocycles. The number of alkyl halides is 6. The van der Waals surface area contributed by atoms with E-state index in [0.29, 0.717) is 5.39 Å². The standard InChI is InChI=1S/C24H23BF6O2/c1-21(2,32)22(3,4)33-25-20-8-7-14-9-15(5-6-16(14)12-20)17-10-18(23(26,27)28)13-19(11-17)24(29,30)31/h5-13,25,32H,1-4H3. The van der Waals surface area contributed by atoms with Crippen LogP contribution in [-0.4, -0.2) is 23.8 Å². The van der Waals surface area contributed by atoms with Crippen molar-refractivity contribution in [3.05, 3.63) is 65.7 Å². The van der Waals surface area contributed by atoms with Crippen LogP contribution in [0, 0.1) is 0 Å². The molecule has 3 aromatic carbocycles. The summed E-state index contributed by atoms with van der Waals surface area (Å²) in [5.74, 6) is 0. The van der Waals surface area contributed by atoms with Crippen molar-refractivity contribution in [2.75, 3.05) is 0 Å². The molecule has 0 amide bonds. The molecule has 0 heterocycles. The van der Waals surface area contributed by atoms with E-state index in [-0.39, 0.29) is 24.7 Å². The van der Waals surface area contributed by atoms with Crippen LogP contribution in [-0.2, 0) is 17.0 Å². The van der Waals surface area contributed by atoms with Gasteiger partial charge in [0.05, 0.1) is 22.3 Å². The molecule has 2 nitrogen and oxygen atoms in total. The highest BCUT2D eigenvalue weighted by molar-refractivity contribution is 6.47. The molecule has 0 radical (unpaired) electrons. The van der Waals surface area contributed by atoms with Gasteiger partial charge in [0.1, 0.15) is 0 Å². The fraction of sp³-hybridized carbons (Fsp3) is 0.333. The highest BCUT2D eigenvalue weighted by atomic mass is 19.4. The summed E-state index contributed by atoms with van der Waals surface area (Å²) in [6.45, 7) is 6.83. The highest BCUT2D eigenvalue weighted by Crippen LogP contribution is 2.39. The van der Waals surface area contributed by atoms with Gasteiger partial charge in [-0.2, -0.15) is 26.3 Å². The lowest BCUT2D eigenvalue weighted by molar-refractivity contribution is -0.143. The van der Waals surface area contributed by atoms with Gasteiger partial charge in [-0.05, 0) is 73.9 Å². The number of hydrogen-bond donors (Lipinski definition) is 1. The second-order valence-corrected chi connectivity index (χ2v) is 9.05. The van der Waals surface area contributed by atoms with E-state index in [9.17, 15) is 31.4 Å². The molecule has 0 bridgehead atoms. The highest BCUT2D eigenvalue weighted by Gasteiger charge is 2.37. The van der Waals surface area contributed by atoms with Gasteiger partial charge in [0.2, 0.25) is 0 Å². The summed E-state index contributed by atoms with van der Waals surface area (Å²) in [6.07, 6.45) is -9.81. The fourth-order valence-corrected chi connectivity index (χ4v) is 3.13. The van der Waals surface area contributed by atoms with E-state index in [4.69, 9.17) is 4.65 Å². The molecule has 0 saturated heterocycles. The maximum Gasteiger partial charge on any atom is 0.416 e. The van der Waals surface area contributed by atoms with Crippen molar-refractivity contribution in [3.8, 4) is 11.1 Å².